The van der Waals surface area contributed by atoms with Crippen molar-refractivity contribution in [3.63, 3.8) is 0 Å². The lowest BCUT2D eigenvalue weighted by Crippen LogP contribution is -2.32. The number of fused-ring (bicyclic) bond motifs is 1. The quantitative estimate of drug-likeness (QED) is 0.513. The highest BCUT2D eigenvalue weighted by atomic mass is 16.6. The number of nitrogens with zero attached hydrogens (tertiary/aromatic N) is 3. The van der Waals surface area contributed by atoms with E-state index in [0.29, 0.717) is 11.2 Å². The van der Waals surface area contributed by atoms with Gasteiger partial charge in [-0.3, -0.25) is 0 Å². The van der Waals surface area contributed by atoms with Gasteiger partial charge in [-0.25, -0.2) is 15.0 Å². The maximum atomic E-state index is 9.84. The number of nitrogens with one attached hydrogen (secondary N) is 1. The van der Waals surface area contributed by atoms with Crippen molar-refractivity contribution < 1.29 is 20.1 Å². The van der Waals surface area contributed by atoms with Crippen molar-refractivity contribution in [2.24, 2.45) is 0 Å². The van der Waals surface area contributed by atoms with Crippen LogP contribution in [0, 0.1) is 0 Å². The Morgan fingerprint density at radius 1 is 1.28 bits per heavy atom. The molecule has 0 amide bonds. The van der Waals surface area contributed by atoms with E-state index in [1.807, 2.05) is 0 Å². The number of aromatic amines is 1. The number of imidazole rings is 1. The molecule has 0 saturated carbocycles. The van der Waals surface area contributed by atoms with Gasteiger partial charge in [-0.15, -0.1) is 0 Å². The Morgan fingerprint density at radius 2 is 2.11 bits per heavy atom. The third-order valence-corrected chi connectivity index (χ3v) is 2.99. The molecule has 3 heterocycles. The smallest absolute Gasteiger partial charge is 0.180 e. The first-order valence-corrected chi connectivity index (χ1v) is 5.49. The van der Waals surface area contributed by atoms with Crippen LogP contribution in [0.15, 0.2) is 12.5 Å². The van der Waals surface area contributed by atoms with Crippen LogP contribution in [-0.2, 0) is 4.74 Å². The number of aromatic nitrogens is 4. The second-order valence-electron chi connectivity index (χ2n) is 4.13. The van der Waals surface area contributed by atoms with Crippen LogP contribution in [0.1, 0.15) is 11.9 Å². The Bertz CT molecular complexity index is 560. The van der Waals surface area contributed by atoms with Crippen molar-refractivity contribution in [2.75, 3.05) is 6.61 Å². The molecule has 0 bridgehead atoms. The number of hydrogen-bond acceptors (Lipinski definition) is 7. The van der Waals surface area contributed by atoms with Crippen LogP contribution < -0.4 is 0 Å². The average molecular weight is 252 g/mol. The lowest BCUT2D eigenvalue weighted by atomic mass is 10.1. The van der Waals surface area contributed by atoms with E-state index >= 15 is 0 Å². The molecular weight excluding hydrogens is 240 g/mol. The predicted octanol–water partition coefficient (Wildman–Crippen LogP) is -1.49. The van der Waals surface area contributed by atoms with Crippen molar-refractivity contribution in [1.82, 2.24) is 19.9 Å². The second-order valence-corrected chi connectivity index (χ2v) is 4.13. The molecule has 18 heavy (non-hydrogen) atoms. The molecule has 0 spiro atoms. The summed E-state index contributed by atoms with van der Waals surface area (Å²) in [6.45, 7) is -0.376. The predicted molar refractivity (Wildman–Crippen MR) is 58.4 cm³/mol. The van der Waals surface area contributed by atoms with Crippen molar-refractivity contribution in [3.05, 3.63) is 18.3 Å². The van der Waals surface area contributed by atoms with Crippen LogP contribution >= 0.6 is 0 Å². The minimum Gasteiger partial charge on any atom is -0.394 e. The Labute approximate surface area is 101 Å². The standard InChI is InChI=1S/C10H12N4O4/c15-2-5-6(16)7(17)8(18-5)10-11-1-4-9(14-10)13-3-12-4/h1,3,5-8,15-17H,2H2,(H,11,12,13,14)/t5-,6-,7+,8?/m0/s1. The van der Waals surface area contributed by atoms with E-state index < -0.39 is 24.4 Å². The lowest BCUT2D eigenvalue weighted by molar-refractivity contribution is -0.0252. The SMILES string of the molecule is OC[C@@H]1OC(c2ncc3[nH]cnc3n2)[C@H](O)[C@H]1O. The minimum absolute atomic E-state index is 0.233. The fourth-order valence-electron chi connectivity index (χ4n) is 2.00. The number of H-pyrrole nitrogens is 1. The molecule has 96 valence electrons. The van der Waals surface area contributed by atoms with Gasteiger partial charge in [-0.2, -0.15) is 0 Å². The molecule has 1 fully saturated rings. The molecular formula is C10H12N4O4. The highest BCUT2D eigenvalue weighted by Gasteiger charge is 2.44. The zero-order chi connectivity index (χ0) is 12.7. The maximum Gasteiger partial charge on any atom is 0.180 e. The van der Waals surface area contributed by atoms with Crippen LogP contribution in [0.2, 0.25) is 0 Å². The Balaban J connectivity index is 1.94. The van der Waals surface area contributed by atoms with Crippen LogP contribution in [0.5, 0.6) is 0 Å². The van der Waals surface area contributed by atoms with Gasteiger partial charge in [0.2, 0.25) is 0 Å². The molecule has 8 nitrogen and oxygen atoms in total. The first-order valence-electron chi connectivity index (χ1n) is 5.49. The van der Waals surface area contributed by atoms with Gasteiger partial charge in [0.15, 0.2) is 11.5 Å². The molecule has 2 aromatic rings. The summed E-state index contributed by atoms with van der Waals surface area (Å²) in [5.74, 6) is 0.233. The average Bonchev–Trinajstić information content (AvgIpc) is 2.95. The van der Waals surface area contributed by atoms with Gasteiger partial charge in [0.1, 0.15) is 29.9 Å². The van der Waals surface area contributed by atoms with Crippen molar-refractivity contribution in [2.45, 2.75) is 24.4 Å². The summed E-state index contributed by atoms with van der Waals surface area (Å²) in [6.07, 6.45) is -1.00. The van der Waals surface area contributed by atoms with Gasteiger partial charge >= 0.3 is 0 Å². The third kappa shape index (κ3) is 1.66. The number of hydrogen-bond donors (Lipinski definition) is 4. The molecule has 2 aromatic heterocycles. The molecule has 0 aliphatic carbocycles. The van der Waals surface area contributed by atoms with E-state index in [2.05, 4.69) is 19.9 Å². The van der Waals surface area contributed by atoms with E-state index in [1.165, 1.54) is 12.5 Å². The van der Waals surface area contributed by atoms with E-state index in [-0.39, 0.29) is 12.4 Å². The van der Waals surface area contributed by atoms with Crippen LogP contribution in [0.4, 0.5) is 0 Å². The second kappa shape index (κ2) is 4.25. The van der Waals surface area contributed by atoms with Gasteiger partial charge in [0.05, 0.1) is 19.1 Å². The topological polar surface area (TPSA) is 124 Å². The van der Waals surface area contributed by atoms with Gasteiger partial charge in [0, 0.05) is 0 Å². The lowest BCUT2D eigenvalue weighted by Gasteiger charge is -2.12. The van der Waals surface area contributed by atoms with Crippen LogP contribution in [0.25, 0.3) is 11.2 Å². The molecule has 4 N–H and O–H groups in total. The first-order chi connectivity index (χ1) is 8.70. The minimum atomic E-state index is -1.17. The Hall–Kier alpha value is -1.61. The first kappa shape index (κ1) is 11.5. The number of rotatable bonds is 2. The zero-order valence-electron chi connectivity index (χ0n) is 9.26. The summed E-state index contributed by atoms with van der Waals surface area (Å²) < 4.78 is 5.33. The Kier molecular flexibility index (Phi) is 2.71. The summed E-state index contributed by atoms with van der Waals surface area (Å²) in [5.41, 5.74) is 1.13. The third-order valence-electron chi connectivity index (χ3n) is 2.99. The largest absolute Gasteiger partial charge is 0.394 e. The van der Waals surface area contributed by atoms with E-state index in [0.717, 1.165) is 0 Å². The molecule has 1 aliphatic heterocycles. The molecule has 4 atom stereocenters. The van der Waals surface area contributed by atoms with Crippen molar-refractivity contribution in [3.8, 4) is 0 Å². The van der Waals surface area contributed by atoms with Crippen LogP contribution in [0.3, 0.4) is 0 Å². The molecule has 1 saturated heterocycles. The van der Waals surface area contributed by atoms with Crippen molar-refractivity contribution >= 4 is 11.2 Å². The summed E-state index contributed by atoms with van der Waals surface area (Å²) in [5, 5.41) is 28.5. The summed E-state index contributed by atoms with van der Waals surface area (Å²) >= 11 is 0. The fourth-order valence-corrected chi connectivity index (χ4v) is 2.00. The van der Waals surface area contributed by atoms with Gasteiger partial charge in [0.25, 0.3) is 0 Å². The molecule has 3 rings (SSSR count). The molecule has 0 aromatic carbocycles. The van der Waals surface area contributed by atoms with Crippen LogP contribution in [-0.4, -0.2) is 60.2 Å². The van der Waals surface area contributed by atoms with Gasteiger partial charge in [-0.05, 0) is 0 Å². The normalized spacial score (nSPS) is 32.2. The van der Waals surface area contributed by atoms with E-state index in [4.69, 9.17) is 9.84 Å². The molecule has 8 heteroatoms. The molecule has 1 unspecified atom stereocenters. The summed E-state index contributed by atoms with van der Waals surface area (Å²) in [6, 6.07) is 0. The number of ether oxygens (including phenoxy) is 1. The van der Waals surface area contributed by atoms with Gasteiger partial charge < -0.3 is 25.0 Å². The van der Waals surface area contributed by atoms with E-state index in [1.54, 1.807) is 0 Å². The van der Waals surface area contributed by atoms with Gasteiger partial charge in [-0.1, -0.05) is 0 Å². The van der Waals surface area contributed by atoms with Crippen molar-refractivity contribution in [1.29, 1.82) is 0 Å². The number of aliphatic hydroxyl groups is 3. The molecule has 0 radical (unpaired) electrons. The highest BCUT2D eigenvalue weighted by molar-refractivity contribution is 5.68. The fraction of sp³-hybridized carbons (Fsp3) is 0.500. The monoisotopic (exact) mass is 252 g/mol. The zero-order valence-corrected chi connectivity index (χ0v) is 9.26. The number of aliphatic hydroxyl groups excluding tert-OH is 3. The highest BCUT2D eigenvalue weighted by Crippen LogP contribution is 2.31. The maximum absolute atomic E-state index is 9.84. The summed E-state index contributed by atoms with van der Waals surface area (Å²) in [7, 11) is 0. The van der Waals surface area contributed by atoms with E-state index in [9.17, 15) is 10.2 Å². The summed E-state index contributed by atoms with van der Waals surface area (Å²) in [4.78, 5) is 15.0. The molecule has 1 aliphatic rings. The Morgan fingerprint density at radius 3 is 2.83 bits per heavy atom.